The van der Waals surface area contributed by atoms with Crippen molar-refractivity contribution in [2.45, 2.75) is 91.1 Å². The van der Waals surface area contributed by atoms with Gasteiger partial charge < -0.3 is 10.2 Å². The highest BCUT2D eigenvalue weighted by molar-refractivity contribution is 5.66. The molecule has 4 aliphatic rings. The molecule has 0 bridgehead atoms. The number of aliphatic hydroxyl groups excluding tert-OH is 1. The molecule has 27 heavy (non-hydrogen) atoms. The molecule has 3 saturated carbocycles. The van der Waals surface area contributed by atoms with Crippen LogP contribution < -0.4 is 0 Å². The van der Waals surface area contributed by atoms with Crippen LogP contribution >= 0.6 is 0 Å². The highest BCUT2D eigenvalue weighted by Gasteiger charge is 2.59. The summed E-state index contributed by atoms with van der Waals surface area (Å²) in [5.74, 6) is 3.00. The molecule has 0 aliphatic heterocycles. The summed E-state index contributed by atoms with van der Waals surface area (Å²) in [4.78, 5) is 11.0. The molecule has 0 spiro atoms. The molecule has 4 unspecified atom stereocenters. The zero-order valence-corrected chi connectivity index (χ0v) is 17.4. The van der Waals surface area contributed by atoms with E-state index in [1.54, 1.807) is 5.57 Å². The van der Waals surface area contributed by atoms with Crippen LogP contribution in [-0.2, 0) is 4.79 Å². The minimum absolute atomic E-state index is 0.218. The fourth-order valence-corrected chi connectivity index (χ4v) is 8.24. The molecule has 3 heteroatoms. The lowest BCUT2D eigenvalue weighted by atomic mass is 9.46. The van der Waals surface area contributed by atoms with Crippen molar-refractivity contribution in [1.29, 1.82) is 0 Å². The summed E-state index contributed by atoms with van der Waals surface area (Å²) >= 11 is 0. The molecular formula is C24H38O3. The van der Waals surface area contributed by atoms with E-state index >= 15 is 0 Å². The number of aliphatic hydroxyl groups is 1. The molecule has 152 valence electrons. The second-order valence-corrected chi connectivity index (χ2v) is 10.8. The molecule has 0 heterocycles. The van der Waals surface area contributed by atoms with Gasteiger partial charge in [0.15, 0.2) is 0 Å². The summed E-state index contributed by atoms with van der Waals surface area (Å²) in [7, 11) is 0. The number of fused-ring (bicyclic) bond motifs is 5. The van der Waals surface area contributed by atoms with E-state index in [2.05, 4.69) is 26.8 Å². The molecular weight excluding hydrogens is 336 g/mol. The third-order valence-electron chi connectivity index (χ3n) is 9.66. The van der Waals surface area contributed by atoms with Crippen LogP contribution in [0.1, 0.15) is 85.0 Å². The van der Waals surface area contributed by atoms with Crippen molar-refractivity contribution >= 4 is 5.97 Å². The molecule has 3 fully saturated rings. The van der Waals surface area contributed by atoms with Crippen LogP contribution in [0.4, 0.5) is 0 Å². The number of aliphatic carboxylic acids is 1. The highest BCUT2D eigenvalue weighted by atomic mass is 16.4. The van der Waals surface area contributed by atoms with Crippen molar-refractivity contribution in [3.63, 3.8) is 0 Å². The van der Waals surface area contributed by atoms with Crippen molar-refractivity contribution in [2.75, 3.05) is 0 Å². The van der Waals surface area contributed by atoms with Crippen LogP contribution in [0.3, 0.4) is 0 Å². The Kier molecular flexibility index (Phi) is 4.98. The number of rotatable bonds is 4. The first-order valence-corrected chi connectivity index (χ1v) is 11.4. The van der Waals surface area contributed by atoms with Crippen molar-refractivity contribution in [2.24, 2.45) is 40.4 Å². The Labute approximate surface area is 164 Å². The lowest BCUT2D eigenvalue weighted by molar-refractivity contribution is -0.137. The summed E-state index contributed by atoms with van der Waals surface area (Å²) in [6, 6.07) is 0. The number of hydrogen-bond acceptors (Lipinski definition) is 2. The molecule has 0 amide bonds. The molecule has 0 radical (unpaired) electrons. The first-order chi connectivity index (χ1) is 12.8. The van der Waals surface area contributed by atoms with Gasteiger partial charge in [0.1, 0.15) is 0 Å². The normalized spacial score (nSPS) is 47.4. The SMILES string of the molecule is C[C@H](CCC(=O)O)[C@H]1CCC2C3CCC4=CC(O)CC[C@]4(C)C3CC[C@@]21C. The summed E-state index contributed by atoms with van der Waals surface area (Å²) < 4.78 is 0. The average molecular weight is 375 g/mol. The van der Waals surface area contributed by atoms with E-state index in [0.29, 0.717) is 29.1 Å². The van der Waals surface area contributed by atoms with Gasteiger partial charge in [0.05, 0.1) is 6.10 Å². The van der Waals surface area contributed by atoms with Crippen LogP contribution in [-0.4, -0.2) is 22.3 Å². The van der Waals surface area contributed by atoms with Gasteiger partial charge in [0.25, 0.3) is 0 Å². The predicted molar refractivity (Wildman–Crippen MR) is 107 cm³/mol. The molecule has 0 aromatic carbocycles. The Morgan fingerprint density at radius 2 is 1.93 bits per heavy atom. The van der Waals surface area contributed by atoms with Gasteiger partial charge in [-0.05, 0) is 98.2 Å². The van der Waals surface area contributed by atoms with Crippen LogP contribution in [0.2, 0.25) is 0 Å². The second kappa shape index (κ2) is 6.90. The molecule has 4 aliphatic carbocycles. The van der Waals surface area contributed by atoms with E-state index in [1.165, 1.54) is 38.5 Å². The average Bonchev–Trinajstić information content (AvgIpc) is 2.97. The third kappa shape index (κ3) is 3.09. The standard InChI is InChI=1S/C24H38O3/c1-15(4-9-22(26)27)19-7-8-20-18-6-5-16-14-17(25)10-12-23(16,2)21(18)11-13-24(19,20)3/h14-15,17-21,25H,4-13H2,1-3H3,(H,26,27)/t15-,17?,18?,19-,20?,21?,23+,24-/m1/s1. The quantitative estimate of drug-likeness (QED) is 0.645. The maximum atomic E-state index is 11.0. The molecule has 3 nitrogen and oxygen atoms in total. The molecule has 4 rings (SSSR count). The van der Waals surface area contributed by atoms with Crippen molar-refractivity contribution in [1.82, 2.24) is 0 Å². The summed E-state index contributed by atoms with van der Waals surface area (Å²) in [5.41, 5.74) is 2.27. The Hall–Kier alpha value is -0.830. The van der Waals surface area contributed by atoms with Crippen LogP contribution in [0.15, 0.2) is 11.6 Å². The van der Waals surface area contributed by atoms with Gasteiger partial charge in [-0.2, -0.15) is 0 Å². The largest absolute Gasteiger partial charge is 0.481 e. The number of carboxylic acid groups (broad SMARTS) is 1. The van der Waals surface area contributed by atoms with E-state index in [-0.39, 0.29) is 6.10 Å². The van der Waals surface area contributed by atoms with Crippen molar-refractivity contribution < 1.29 is 15.0 Å². The molecule has 0 saturated heterocycles. The third-order valence-corrected chi connectivity index (χ3v) is 9.66. The zero-order valence-electron chi connectivity index (χ0n) is 17.4. The lowest BCUT2D eigenvalue weighted by Crippen LogP contribution is -2.51. The topological polar surface area (TPSA) is 57.5 Å². The lowest BCUT2D eigenvalue weighted by Gasteiger charge is -2.59. The van der Waals surface area contributed by atoms with Gasteiger partial charge in [-0.15, -0.1) is 0 Å². The fraction of sp³-hybridized carbons (Fsp3) is 0.875. The van der Waals surface area contributed by atoms with Crippen LogP contribution in [0.25, 0.3) is 0 Å². The second-order valence-electron chi connectivity index (χ2n) is 10.8. The minimum atomic E-state index is -0.649. The summed E-state index contributed by atoms with van der Waals surface area (Å²) in [5, 5.41) is 19.2. The molecule has 0 aromatic heterocycles. The van der Waals surface area contributed by atoms with Gasteiger partial charge in [0.2, 0.25) is 0 Å². The van der Waals surface area contributed by atoms with E-state index in [9.17, 15) is 9.90 Å². The highest BCUT2D eigenvalue weighted by Crippen LogP contribution is 2.67. The smallest absolute Gasteiger partial charge is 0.303 e. The maximum Gasteiger partial charge on any atom is 0.303 e. The number of carbonyl (C=O) groups is 1. The molecule has 8 atom stereocenters. The zero-order chi connectivity index (χ0) is 19.4. The van der Waals surface area contributed by atoms with E-state index in [4.69, 9.17) is 5.11 Å². The van der Waals surface area contributed by atoms with Crippen LogP contribution in [0, 0.1) is 40.4 Å². The number of hydrogen-bond donors (Lipinski definition) is 2. The fourth-order valence-electron chi connectivity index (χ4n) is 8.24. The number of carboxylic acids is 1. The summed E-state index contributed by atoms with van der Waals surface area (Å²) in [6.07, 6.45) is 13.0. The molecule has 2 N–H and O–H groups in total. The molecule has 0 aromatic rings. The Bertz CT molecular complexity index is 625. The van der Waals surface area contributed by atoms with Gasteiger partial charge in [-0.3, -0.25) is 4.79 Å². The van der Waals surface area contributed by atoms with Crippen molar-refractivity contribution in [3.05, 3.63) is 11.6 Å². The monoisotopic (exact) mass is 374 g/mol. The van der Waals surface area contributed by atoms with Crippen LogP contribution in [0.5, 0.6) is 0 Å². The van der Waals surface area contributed by atoms with Gasteiger partial charge in [-0.1, -0.05) is 32.4 Å². The maximum absolute atomic E-state index is 11.0. The number of allylic oxidation sites excluding steroid dienone is 1. The van der Waals surface area contributed by atoms with Gasteiger partial charge in [-0.25, -0.2) is 0 Å². The van der Waals surface area contributed by atoms with E-state index in [1.807, 2.05) is 0 Å². The van der Waals surface area contributed by atoms with E-state index < -0.39 is 5.97 Å². The summed E-state index contributed by atoms with van der Waals surface area (Å²) in [6.45, 7) is 7.34. The van der Waals surface area contributed by atoms with Gasteiger partial charge >= 0.3 is 5.97 Å². The predicted octanol–water partition coefficient (Wildman–Crippen LogP) is 5.43. The van der Waals surface area contributed by atoms with Crippen molar-refractivity contribution in [3.8, 4) is 0 Å². The Morgan fingerprint density at radius 3 is 2.67 bits per heavy atom. The Balaban J connectivity index is 1.54. The van der Waals surface area contributed by atoms with Gasteiger partial charge in [0, 0.05) is 6.42 Å². The minimum Gasteiger partial charge on any atom is -0.481 e. The first-order valence-electron chi connectivity index (χ1n) is 11.4. The van der Waals surface area contributed by atoms with E-state index in [0.717, 1.165) is 37.0 Å². The Morgan fingerprint density at radius 1 is 1.15 bits per heavy atom. The first kappa shape index (κ1) is 19.5.